The van der Waals surface area contributed by atoms with Crippen LogP contribution < -0.4 is 10.2 Å². The molecule has 28 heavy (non-hydrogen) atoms. The molecule has 1 aliphatic rings. The SMILES string of the molecule is CCN(Cc1ccccc1NC(=O)C1CCCN(c2ncccn2)C1)C(C)=O. The third-order valence-electron chi connectivity index (χ3n) is 5.09. The normalized spacial score (nSPS) is 16.5. The highest BCUT2D eigenvalue weighted by Crippen LogP contribution is 2.23. The van der Waals surface area contributed by atoms with Crippen molar-refractivity contribution in [1.82, 2.24) is 14.9 Å². The summed E-state index contributed by atoms with van der Waals surface area (Å²) in [4.78, 5) is 37.1. The zero-order chi connectivity index (χ0) is 19.9. The molecule has 1 aliphatic heterocycles. The van der Waals surface area contributed by atoms with Crippen LogP contribution in [0, 0.1) is 5.92 Å². The van der Waals surface area contributed by atoms with E-state index in [-0.39, 0.29) is 17.7 Å². The lowest BCUT2D eigenvalue weighted by Crippen LogP contribution is -2.41. The summed E-state index contributed by atoms with van der Waals surface area (Å²) in [5.74, 6) is 0.564. The Balaban J connectivity index is 1.68. The minimum atomic E-state index is -0.124. The van der Waals surface area contributed by atoms with Crippen LogP contribution >= 0.6 is 0 Å². The molecule has 1 fully saturated rings. The number of hydrogen-bond donors (Lipinski definition) is 1. The monoisotopic (exact) mass is 381 g/mol. The Morgan fingerprint density at radius 2 is 1.96 bits per heavy atom. The predicted octanol–water partition coefficient (Wildman–Crippen LogP) is 2.70. The quantitative estimate of drug-likeness (QED) is 0.832. The van der Waals surface area contributed by atoms with Crippen LogP contribution in [0.25, 0.3) is 0 Å². The van der Waals surface area contributed by atoms with Gasteiger partial charge in [0.15, 0.2) is 0 Å². The molecule has 148 valence electrons. The van der Waals surface area contributed by atoms with E-state index in [1.54, 1.807) is 30.3 Å². The summed E-state index contributed by atoms with van der Waals surface area (Å²) >= 11 is 0. The van der Waals surface area contributed by atoms with Crippen molar-refractivity contribution in [3.05, 3.63) is 48.3 Å². The molecule has 2 heterocycles. The average molecular weight is 381 g/mol. The smallest absolute Gasteiger partial charge is 0.229 e. The van der Waals surface area contributed by atoms with Gasteiger partial charge in [0.2, 0.25) is 17.8 Å². The summed E-state index contributed by atoms with van der Waals surface area (Å²) in [6, 6.07) is 9.45. The first kappa shape index (κ1) is 19.8. The summed E-state index contributed by atoms with van der Waals surface area (Å²) in [7, 11) is 0. The molecule has 2 amide bonds. The fourth-order valence-corrected chi connectivity index (χ4v) is 3.49. The van der Waals surface area contributed by atoms with Crippen LogP contribution in [0.15, 0.2) is 42.7 Å². The fraction of sp³-hybridized carbons (Fsp3) is 0.429. The van der Waals surface area contributed by atoms with Crippen molar-refractivity contribution in [2.75, 3.05) is 29.9 Å². The number of hydrogen-bond acceptors (Lipinski definition) is 5. The van der Waals surface area contributed by atoms with Crippen LogP contribution in [0.1, 0.15) is 32.3 Å². The maximum absolute atomic E-state index is 12.9. The van der Waals surface area contributed by atoms with Gasteiger partial charge in [-0.25, -0.2) is 9.97 Å². The van der Waals surface area contributed by atoms with Crippen molar-refractivity contribution in [3.63, 3.8) is 0 Å². The number of aromatic nitrogens is 2. The van der Waals surface area contributed by atoms with Gasteiger partial charge in [-0.15, -0.1) is 0 Å². The van der Waals surface area contributed by atoms with Crippen LogP contribution in [0.2, 0.25) is 0 Å². The van der Waals surface area contributed by atoms with Crippen LogP contribution in [0.4, 0.5) is 11.6 Å². The van der Waals surface area contributed by atoms with Crippen molar-refractivity contribution in [2.45, 2.75) is 33.2 Å². The number of nitrogens with zero attached hydrogens (tertiary/aromatic N) is 4. The molecule has 1 unspecified atom stereocenters. The zero-order valence-corrected chi connectivity index (χ0v) is 16.5. The lowest BCUT2D eigenvalue weighted by Gasteiger charge is -2.32. The molecular formula is C21H27N5O2. The third-order valence-corrected chi connectivity index (χ3v) is 5.09. The van der Waals surface area contributed by atoms with Crippen molar-refractivity contribution in [2.24, 2.45) is 5.92 Å². The van der Waals surface area contributed by atoms with E-state index < -0.39 is 0 Å². The molecular weight excluding hydrogens is 354 g/mol. The molecule has 1 atom stereocenters. The molecule has 3 rings (SSSR count). The Kier molecular flexibility index (Phi) is 6.57. The van der Waals surface area contributed by atoms with E-state index >= 15 is 0 Å². The Morgan fingerprint density at radius 3 is 2.68 bits per heavy atom. The first-order valence-corrected chi connectivity index (χ1v) is 9.74. The highest BCUT2D eigenvalue weighted by Gasteiger charge is 2.27. The summed E-state index contributed by atoms with van der Waals surface area (Å²) < 4.78 is 0. The van der Waals surface area contributed by atoms with Crippen LogP contribution in [-0.4, -0.2) is 46.3 Å². The summed E-state index contributed by atoms with van der Waals surface area (Å²) in [6.45, 7) is 6.09. The van der Waals surface area contributed by atoms with Gasteiger partial charge in [0, 0.05) is 51.2 Å². The van der Waals surface area contributed by atoms with Crippen molar-refractivity contribution >= 4 is 23.5 Å². The van der Waals surface area contributed by atoms with Gasteiger partial charge in [0.1, 0.15) is 0 Å². The Bertz CT molecular complexity index is 811. The Hall–Kier alpha value is -2.96. The maximum atomic E-state index is 12.9. The van der Waals surface area contributed by atoms with E-state index in [0.717, 1.165) is 30.6 Å². The topological polar surface area (TPSA) is 78.4 Å². The van der Waals surface area contributed by atoms with Gasteiger partial charge in [0.05, 0.1) is 5.92 Å². The molecule has 1 N–H and O–H groups in total. The van der Waals surface area contributed by atoms with Crippen molar-refractivity contribution in [1.29, 1.82) is 0 Å². The summed E-state index contributed by atoms with van der Waals surface area (Å²) in [5, 5.41) is 3.08. The molecule has 2 aromatic rings. The molecule has 0 bridgehead atoms. The molecule has 0 radical (unpaired) electrons. The molecule has 0 spiro atoms. The largest absolute Gasteiger partial charge is 0.340 e. The number of rotatable bonds is 6. The Labute approximate surface area is 165 Å². The molecule has 7 heteroatoms. The van der Waals surface area contributed by atoms with E-state index in [1.165, 1.54) is 0 Å². The second-order valence-electron chi connectivity index (χ2n) is 7.01. The first-order valence-electron chi connectivity index (χ1n) is 9.74. The minimum Gasteiger partial charge on any atom is -0.340 e. The molecule has 0 saturated carbocycles. The number of amides is 2. The number of para-hydroxylation sites is 1. The second kappa shape index (κ2) is 9.30. The van der Waals surface area contributed by atoms with E-state index in [1.807, 2.05) is 31.2 Å². The van der Waals surface area contributed by atoms with Gasteiger partial charge >= 0.3 is 0 Å². The van der Waals surface area contributed by atoms with Crippen LogP contribution in [0.5, 0.6) is 0 Å². The average Bonchev–Trinajstić information content (AvgIpc) is 2.73. The van der Waals surface area contributed by atoms with Crippen molar-refractivity contribution in [3.8, 4) is 0 Å². The van der Waals surface area contributed by atoms with Crippen LogP contribution in [0.3, 0.4) is 0 Å². The summed E-state index contributed by atoms with van der Waals surface area (Å²) in [5.41, 5.74) is 1.70. The molecule has 1 aromatic heterocycles. The van der Waals surface area contributed by atoms with E-state index in [0.29, 0.717) is 25.6 Å². The standard InChI is InChI=1S/C21H27N5O2/c1-3-25(16(2)27)14-17-8-4-5-10-19(17)24-20(28)18-9-6-13-26(15-18)21-22-11-7-12-23-21/h4-5,7-8,10-12,18H,3,6,9,13-15H2,1-2H3,(H,24,28). The van der Waals surface area contributed by atoms with Gasteiger partial charge in [-0.05, 0) is 37.5 Å². The van der Waals surface area contributed by atoms with Crippen molar-refractivity contribution < 1.29 is 9.59 Å². The second-order valence-corrected chi connectivity index (χ2v) is 7.01. The first-order chi connectivity index (χ1) is 13.6. The van der Waals surface area contributed by atoms with Gasteiger partial charge in [-0.2, -0.15) is 0 Å². The maximum Gasteiger partial charge on any atom is 0.229 e. The minimum absolute atomic E-state index is 0.000968. The molecule has 1 saturated heterocycles. The van der Waals surface area contributed by atoms with Gasteiger partial charge in [-0.3, -0.25) is 9.59 Å². The highest BCUT2D eigenvalue weighted by molar-refractivity contribution is 5.93. The van der Waals surface area contributed by atoms with Gasteiger partial charge in [-0.1, -0.05) is 18.2 Å². The molecule has 1 aromatic carbocycles. The third kappa shape index (κ3) is 4.85. The van der Waals surface area contributed by atoms with Gasteiger partial charge in [0.25, 0.3) is 0 Å². The predicted molar refractivity (Wildman–Crippen MR) is 109 cm³/mol. The van der Waals surface area contributed by atoms with E-state index in [9.17, 15) is 9.59 Å². The lowest BCUT2D eigenvalue weighted by molar-refractivity contribution is -0.129. The number of anilines is 2. The number of nitrogens with one attached hydrogen (secondary N) is 1. The van der Waals surface area contributed by atoms with E-state index in [2.05, 4.69) is 20.2 Å². The number of benzene rings is 1. The highest BCUT2D eigenvalue weighted by atomic mass is 16.2. The lowest BCUT2D eigenvalue weighted by atomic mass is 9.97. The molecule has 0 aliphatic carbocycles. The Morgan fingerprint density at radius 1 is 1.21 bits per heavy atom. The number of piperidine rings is 1. The number of carbonyl (C=O) groups is 2. The van der Waals surface area contributed by atoms with Gasteiger partial charge < -0.3 is 15.1 Å². The van der Waals surface area contributed by atoms with Crippen LogP contribution in [-0.2, 0) is 16.1 Å². The molecule has 7 nitrogen and oxygen atoms in total. The van der Waals surface area contributed by atoms with E-state index in [4.69, 9.17) is 0 Å². The fourth-order valence-electron chi connectivity index (χ4n) is 3.49. The summed E-state index contributed by atoms with van der Waals surface area (Å²) in [6.07, 6.45) is 5.20. The number of carbonyl (C=O) groups excluding carboxylic acids is 2. The zero-order valence-electron chi connectivity index (χ0n) is 16.5.